The second-order valence-electron chi connectivity index (χ2n) is 5.31. The number of benzene rings is 2. The molecule has 1 heterocycles. The van der Waals surface area contributed by atoms with E-state index in [-0.39, 0.29) is 0 Å². The number of rotatable bonds is 3. The first kappa shape index (κ1) is 14.1. The highest BCUT2D eigenvalue weighted by Gasteiger charge is 2.14. The number of aryl methyl sites for hydroxylation is 1. The number of fused-ring (bicyclic) bond motifs is 1. The maximum absolute atomic E-state index is 9.90. The van der Waals surface area contributed by atoms with Crippen molar-refractivity contribution in [2.24, 2.45) is 0 Å². The van der Waals surface area contributed by atoms with Gasteiger partial charge in [-0.3, -0.25) is 4.68 Å². The van der Waals surface area contributed by atoms with Crippen LogP contribution >= 0.6 is 11.6 Å². The summed E-state index contributed by atoms with van der Waals surface area (Å²) >= 11 is 6.01. The third-order valence-corrected chi connectivity index (χ3v) is 3.94. The monoisotopic (exact) mass is 300 g/mol. The number of halogens is 1. The molecule has 1 aromatic heterocycles. The van der Waals surface area contributed by atoms with Gasteiger partial charge in [-0.1, -0.05) is 35.9 Å². The first-order valence-corrected chi connectivity index (χ1v) is 7.32. The molecule has 2 aromatic carbocycles. The molecule has 0 aliphatic heterocycles. The van der Waals surface area contributed by atoms with Crippen LogP contribution in [-0.4, -0.2) is 14.9 Å². The number of hydrogen-bond donors (Lipinski definition) is 1. The molecule has 0 aliphatic rings. The van der Waals surface area contributed by atoms with Gasteiger partial charge in [-0.25, -0.2) is 0 Å². The van der Waals surface area contributed by atoms with Crippen LogP contribution in [0.1, 0.15) is 29.8 Å². The first-order valence-electron chi connectivity index (χ1n) is 6.95. The van der Waals surface area contributed by atoms with Crippen LogP contribution < -0.4 is 0 Å². The fourth-order valence-electron chi connectivity index (χ4n) is 2.58. The van der Waals surface area contributed by atoms with Crippen LogP contribution in [-0.2, 0) is 6.54 Å². The van der Waals surface area contributed by atoms with Gasteiger partial charge in [0.2, 0.25) is 0 Å². The highest BCUT2D eigenvalue weighted by molar-refractivity contribution is 6.30. The summed E-state index contributed by atoms with van der Waals surface area (Å²) in [4.78, 5) is 0. The Labute approximate surface area is 128 Å². The summed E-state index contributed by atoms with van der Waals surface area (Å²) in [5.74, 6) is 0. The zero-order valence-corrected chi connectivity index (χ0v) is 12.8. The minimum Gasteiger partial charge on any atom is -0.387 e. The summed E-state index contributed by atoms with van der Waals surface area (Å²) in [5, 5.41) is 16.2. The molecule has 0 bridgehead atoms. The average molecular weight is 301 g/mol. The SMILES string of the molecule is Cc1cc(Cl)ccc1Cn1nc(C(C)O)c2ccccc21. The Morgan fingerprint density at radius 3 is 2.71 bits per heavy atom. The number of para-hydroxylation sites is 1. The van der Waals surface area contributed by atoms with Crippen LogP contribution in [0.3, 0.4) is 0 Å². The predicted octanol–water partition coefficient (Wildman–Crippen LogP) is 4.10. The summed E-state index contributed by atoms with van der Waals surface area (Å²) in [7, 11) is 0. The van der Waals surface area contributed by atoms with Crippen molar-refractivity contribution in [3.8, 4) is 0 Å². The third kappa shape index (κ3) is 2.67. The normalized spacial score (nSPS) is 12.8. The van der Waals surface area contributed by atoms with Gasteiger partial charge < -0.3 is 5.11 Å². The van der Waals surface area contributed by atoms with Crippen molar-refractivity contribution in [3.63, 3.8) is 0 Å². The molecule has 0 fully saturated rings. The summed E-state index contributed by atoms with van der Waals surface area (Å²) in [6.45, 7) is 4.45. The van der Waals surface area contributed by atoms with E-state index >= 15 is 0 Å². The van der Waals surface area contributed by atoms with Crippen molar-refractivity contribution in [2.75, 3.05) is 0 Å². The first-order chi connectivity index (χ1) is 10.1. The molecule has 3 nitrogen and oxygen atoms in total. The fraction of sp³-hybridized carbons (Fsp3) is 0.235. The molecular formula is C17H17ClN2O. The topological polar surface area (TPSA) is 38.0 Å². The Bertz CT molecular complexity index is 793. The summed E-state index contributed by atoms with van der Waals surface area (Å²) in [6.07, 6.45) is -0.581. The molecular weight excluding hydrogens is 284 g/mol. The van der Waals surface area contributed by atoms with Crippen molar-refractivity contribution in [1.29, 1.82) is 0 Å². The standard InChI is InChI=1S/C17H17ClN2O/c1-11-9-14(18)8-7-13(11)10-20-16-6-4-3-5-15(16)17(19-20)12(2)21/h3-9,12,21H,10H2,1-2H3. The smallest absolute Gasteiger partial charge is 0.0985 e. The van der Waals surface area contributed by atoms with E-state index in [2.05, 4.69) is 5.10 Å². The van der Waals surface area contributed by atoms with Gasteiger partial charge in [0, 0.05) is 10.4 Å². The molecule has 0 amide bonds. The van der Waals surface area contributed by atoms with Crippen LogP contribution in [0.4, 0.5) is 0 Å². The quantitative estimate of drug-likeness (QED) is 0.791. The van der Waals surface area contributed by atoms with Crippen molar-refractivity contribution < 1.29 is 5.11 Å². The largest absolute Gasteiger partial charge is 0.387 e. The second-order valence-corrected chi connectivity index (χ2v) is 5.74. The van der Waals surface area contributed by atoms with Crippen LogP contribution in [0, 0.1) is 6.92 Å². The van der Waals surface area contributed by atoms with Gasteiger partial charge in [0.15, 0.2) is 0 Å². The molecule has 21 heavy (non-hydrogen) atoms. The Balaban J connectivity index is 2.08. The zero-order chi connectivity index (χ0) is 15.0. The lowest BCUT2D eigenvalue weighted by molar-refractivity contribution is 0.194. The molecule has 1 atom stereocenters. The molecule has 0 saturated carbocycles. The molecule has 108 valence electrons. The molecule has 0 radical (unpaired) electrons. The Hall–Kier alpha value is -1.84. The molecule has 1 N–H and O–H groups in total. The zero-order valence-electron chi connectivity index (χ0n) is 12.0. The van der Waals surface area contributed by atoms with Crippen LogP contribution in [0.5, 0.6) is 0 Å². The van der Waals surface area contributed by atoms with Gasteiger partial charge in [-0.2, -0.15) is 5.10 Å². The number of aliphatic hydroxyl groups is 1. The van der Waals surface area contributed by atoms with E-state index in [1.807, 2.05) is 54.1 Å². The van der Waals surface area contributed by atoms with Gasteiger partial charge >= 0.3 is 0 Å². The molecule has 1 unspecified atom stereocenters. The summed E-state index contributed by atoms with van der Waals surface area (Å²) in [6, 6.07) is 13.9. The van der Waals surface area contributed by atoms with E-state index in [4.69, 9.17) is 11.6 Å². The van der Waals surface area contributed by atoms with Gasteiger partial charge in [-0.15, -0.1) is 0 Å². The van der Waals surface area contributed by atoms with Gasteiger partial charge in [0.1, 0.15) is 0 Å². The minimum absolute atomic E-state index is 0.581. The minimum atomic E-state index is -0.581. The average Bonchev–Trinajstić information content (AvgIpc) is 2.81. The second kappa shape index (κ2) is 5.51. The molecule has 3 rings (SSSR count). The highest BCUT2D eigenvalue weighted by atomic mass is 35.5. The van der Waals surface area contributed by atoms with Crippen LogP contribution in [0.25, 0.3) is 10.9 Å². The number of hydrogen-bond acceptors (Lipinski definition) is 2. The molecule has 3 aromatic rings. The Kier molecular flexibility index (Phi) is 3.70. The van der Waals surface area contributed by atoms with Gasteiger partial charge in [0.05, 0.1) is 23.9 Å². The van der Waals surface area contributed by atoms with E-state index < -0.39 is 6.10 Å². The van der Waals surface area contributed by atoms with E-state index in [1.165, 1.54) is 5.56 Å². The third-order valence-electron chi connectivity index (χ3n) is 3.71. The van der Waals surface area contributed by atoms with E-state index in [9.17, 15) is 5.11 Å². The van der Waals surface area contributed by atoms with Crippen molar-refractivity contribution in [1.82, 2.24) is 9.78 Å². The van der Waals surface area contributed by atoms with E-state index in [0.717, 1.165) is 27.2 Å². The van der Waals surface area contributed by atoms with E-state index in [1.54, 1.807) is 6.92 Å². The van der Waals surface area contributed by atoms with Crippen LogP contribution in [0.15, 0.2) is 42.5 Å². The maximum atomic E-state index is 9.90. The molecule has 0 aliphatic carbocycles. The summed E-state index contributed by atoms with van der Waals surface area (Å²) in [5.41, 5.74) is 4.06. The maximum Gasteiger partial charge on any atom is 0.0985 e. The van der Waals surface area contributed by atoms with E-state index in [0.29, 0.717) is 6.54 Å². The predicted molar refractivity (Wildman–Crippen MR) is 85.7 cm³/mol. The Morgan fingerprint density at radius 1 is 1.24 bits per heavy atom. The molecule has 0 saturated heterocycles. The van der Waals surface area contributed by atoms with Crippen molar-refractivity contribution >= 4 is 22.5 Å². The Morgan fingerprint density at radius 2 is 2.00 bits per heavy atom. The van der Waals surface area contributed by atoms with Gasteiger partial charge in [0.25, 0.3) is 0 Å². The van der Waals surface area contributed by atoms with Crippen molar-refractivity contribution in [3.05, 3.63) is 64.3 Å². The number of aromatic nitrogens is 2. The van der Waals surface area contributed by atoms with Crippen molar-refractivity contribution in [2.45, 2.75) is 26.5 Å². The number of nitrogens with zero attached hydrogens (tertiary/aromatic N) is 2. The lowest BCUT2D eigenvalue weighted by atomic mass is 10.1. The lowest BCUT2D eigenvalue weighted by Gasteiger charge is -2.08. The summed E-state index contributed by atoms with van der Waals surface area (Å²) < 4.78 is 1.94. The van der Waals surface area contributed by atoms with Gasteiger partial charge in [-0.05, 0) is 43.2 Å². The number of aliphatic hydroxyl groups excluding tert-OH is 1. The highest BCUT2D eigenvalue weighted by Crippen LogP contribution is 2.25. The van der Waals surface area contributed by atoms with Crippen LogP contribution in [0.2, 0.25) is 5.02 Å². The fourth-order valence-corrected chi connectivity index (χ4v) is 2.81. The molecule has 0 spiro atoms. The molecule has 4 heteroatoms. The lowest BCUT2D eigenvalue weighted by Crippen LogP contribution is -2.04.